The summed E-state index contributed by atoms with van der Waals surface area (Å²) < 4.78 is 0. The van der Waals surface area contributed by atoms with Crippen LogP contribution in [-0.4, -0.2) is 23.8 Å². The van der Waals surface area contributed by atoms with Crippen LogP contribution < -0.4 is 5.73 Å². The van der Waals surface area contributed by atoms with Gasteiger partial charge in [0.25, 0.3) is 0 Å². The van der Waals surface area contributed by atoms with E-state index < -0.39 is 0 Å². The Kier molecular flexibility index (Phi) is 5.70. The summed E-state index contributed by atoms with van der Waals surface area (Å²) >= 11 is 0. The van der Waals surface area contributed by atoms with E-state index >= 15 is 0 Å². The number of nitrogens with one attached hydrogen (secondary N) is 1. The quantitative estimate of drug-likeness (QED) is 0.562. The maximum Gasteiger partial charge on any atom is 0.123 e. The van der Waals surface area contributed by atoms with Crippen LogP contribution in [0.2, 0.25) is 0 Å². The molecule has 0 fully saturated rings. The Balaban J connectivity index is 2.80. The number of nitrogen functional groups attached to an aromatic ring is 1. The van der Waals surface area contributed by atoms with Gasteiger partial charge in [-0.25, -0.2) is 0 Å². The van der Waals surface area contributed by atoms with Gasteiger partial charge in [0.15, 0.2) is 0 Å². The van der Waals surface area contributed by atoms with Crippen LogP contribution in [-0.2, 0) is 6.54 Å². The van der Waals surface area contributed by atoms with Crippen molar-refractivity contribution < 1.29 is 0 Å². The first-order valence-corrected chi connectivity index (χ1v) is 6.33. The summed E-state index contributed by atoms with van der Waals surface area (Å²) in [6.07, 6.45) is 2.31. The van der Waals surface area contributed by atoms with E-state index in [1.807, 2.05) is 18.2 Å². The van der Waals surface area contributed by atoms with Crippen LogP contribution >= 0.6 is 0 Å². The molecule has 0 heterocycles. The van der Waals surface area contributed by atoms with Crippen LogP contribution in [0.4, 0.5) is 0 Å². The summed E-state index contributed by atoms with van der Waals surface area (Å²) in [7, 11) is 0. The highest BCUT2D eigenvalue weighted by Crippen LogP contribution is 2.11. The molecule has 1 aromatic carbocycles. The van der Waals surface area contributed by atoms with Crippen molar-refractivity contribution in [3.8, 4) is 0 Å². The Bertz CT molecular complexity index is 354. The molecule has 1 aromatic rings. The van der Waals surface area contributed by atoms with Gasteiger partial charge < -0.3 is 5.73 Å². The third-order valence-electron chi connectivity index (χ3n) is 2.78. The van der Waals surface area contributed by atoms with E-state index in [-0.39, 0.29) is 5.84 Å². The lowest BCUT2D eigenvalue weighted by molar-refractivity contribution is 0.266. The highest BCUT2D eigenvalue weighted by molar-refractivity contribution is 5.96. The van der Waals surface area contributed by atoms with E-state index in [1.54, 1.807) is 0 Å². The van der Waals surface area contributed by atoms with Gasteiger partial charge in [0, 0.05) is 12.1 Å². The van der Waals surface area contributed by atoms with Crippen molar-refractivity contribution in [2.75, 3.05) is 13.1 Å². The SMILES string of the molecule is CCCN(CCC)Cc1ccccc1C(=N)N. The zero-order valence-corrected chi connectivity index (χ0v) is 10.9. The molecule has 0 aliphatic carbocycles. The van der Waals surface area contributed by atoms with E-state index in [1.165, 1.54) is 0 Å². The third-order valence-corrected chi connectivity index (χ3v) is 2.78. The molecule has 0 amide bonds. The van der Waals surface area contributed by atoms with Crippen LogP contribution in [0.3, 0.4) is 0 Å². The molecule has 0 bridgehead atoms. The van der Waals surface area contributed by atoms with Gasteiger partial charge in [-0.3, -0.25) is 10.3 Å². The van der Waals surface area contributed by atoms with Crippen molar-refractivity contribution in [3.05, 3.63) is 35.4 Å². The summed E-state index contributed by atoms with van der Waals surface area (Å²) in [4.78, 5) is 2.42. The molecule has 0 saturated carbocycles. The van der Waals surface area contributed by atoms with Gasteiger partial charge in [0.05, 0.1) is 0 Å². The largest absolute Gasteiger partial charge is 0.384 e. The molecule has 0 aromatic heterocycles. The molecular formula is C14H23N3. The molecule has 0 atom stereocenters. The molecule has 0 aliphatic rings. The Morgan fingerprint density at radius 2 is 1.76 bits per heavy atom. The van der Waals surface area contributed by atoms with Crippen molar-refractivity contribution in [1.29, 1.82) is 5.41 Å². The highest BCUT2D eigenvalue weighted by Gasteiger charge is 2.08. The van der Waals surface area contributed by atoms with E-state index in [4.69, 9.17) is 11.1 Å². The Labute approximate surface area is 104 Å². The number of hydrogen-bond acceptors (Lipinski definition) is 2. The smallest absolute Gasteiger partial charge is 0.123 e. The first kappa shape index (κ1) is 13.7. The van der Waals surface area contributed by atoms with Gasteiger partial charge in [-0.1, -0.05) is 38.1 Å². The molecule has 1 rings (SSSR count). The topological polar surface area (TPSA) is 53.1 Å². The lowest BCUT2D eigenvalue weighted by Gasteiger charge is -2.22. The fourth-order valence-corrected chi connectivity index (χ4v) is 2.06. The monoisotopic (exact) mass is 233 g/mol. The number of nitrogens with zero attached hydrogens (tertiary/aromatic N) is 1. The van der Waals surface area contributed by atoms with Gasteiger partial charge in [-0.05, 0) is 31.5 Å². The van der Waals surface area contributed by atoms with Gasteiger partial charge >= 0.3 is 0 Å². The first-order chi connectivity index (χ1) is 8.19. The third kappa shape index (κ3) is 4.19. The average molecular weight is 233 g/mol. The minimum atomic E-state index is 0.161. The van der Waals surface area contributed by atoms with E-state index in [0.717, 1.165) is 43.6 Å². The van der Waals surface area contributed by atoms with E-state index in [9.17, 15) is 0 Å². The van der Waals surface area contributed by atoms with Crippen molar-refractivity contribution in [2.45, 2.75) is 33.2 Å². The van der Waals surface area contributed by atoms with Crippen LogP contribution in [0.15, 0.2) is 24.3 Å². The number of rotatable bonds is 7. The van der Waals surface area contributed by atoms with Gasteiger partial charge in [0.1, 0.15) is 5.84 Å². The molecule has 0 unspecified atom stereocenters. The molecule has 17 heavy (non-hydrogen) atoms. The second kappa shape index (κ2) is 7.07. The van der Waals surface area contributed by atoms with Crippen molar-refractivity contribution >= 4 is 5.84 Å². The van der Waals surface area contributed by atoms with Crippen molar-refractivity contribution in [2.24, 2.45) is 5.73 Å². The summed E-state index contributed by atoms with van der Waals surface area (Å²) in [6, 6.07) is 7.94. The molecule has 94 valence electrons. The summed E-state index contributed by atoms with van der Waals surface area (Å²) in [5.41, 5.74) is 7.62. The predicted molar refractivity (Wildman–Crippen MR) is 73.3 cm³/mol. The van der Waals surface area contributed by atoms with Gasteiger partial charge in [-0.15, -0.1) is 0 Å². The van der Waals surface area contributed by atoms with E-state index in [0.29, 0.717) is 0 Å². The average Bonchev–Trinajstić information content (AvgIpc) is 2.30. The number of benzene rings is 1. The molecule has 0 aliphatic heterocycles. The van der Waals surface area contributed by atoms with Crippen LogP contribution in [0.5, 0.6) is 0 Å². The molecular weight excluding hydrogens is 210 g/mol. The van der Waals surface area contributed by atoms with E-state index in [2.05, 4.69) is 24.8 Å². The molecule has 0 saturated heterocycles. The fourth-order valence-electron chi connectivity index (χ4n) is 2.06. The molecule has 0 radical (unpaired) electrons. The molecule has 0 spiro atoms. The Morgan fingerprint density at radius 3 is 2.29 bits per heavy atom. The Morgan fingerprint density at radius 1 is 1.18 bits per heavy atom. The van der Waals surface area contributed by atoms with Crippen LogP contribution in [0.1, 0.15) is 37.8 Å². The second-order valence-corrected chi connectivity index (χ2v) is 4.35. The maximum atomic E-state index is 7.58. The molecule has 3 N–H and O–H groups in total. The normalized spacial score (nSPS) is 10.8. The predicted octanol–water partition coefficient (Wildman–Crippen LogP) is 2.59. The number of hydrogen-bond donors (Lipinski definition) is 2. The minimum absolute atomic E-state index is 0.161. The zero-order valence-electron chi connectivity index (χ0n) is 10.9. The highest BCUT2D eigenvalue weighted by atomic mass is 15.1. The standard InChI is InChI=1S/C14H23N3/c1-3-9-17(10-4-2)11-12-7-5-6-8-13(12)14(15)16/h5-8H,3-4,9-11H2,1-2H3,(H3,15,16). The summed E-state index contributed by atoms with van der Waals surface area (Å²) in [6.45, 7) is 7.47. The van der Waals surface area contributed by atoms with Gasteiger partial charge in [0.2, 0.25) is 0 Å². The Hall–Kier alpha value is -1.35. The first-order valence-electron chi connectivity index (χ1n) is 6.33. The fraction of sp³-hybridized carbons (Fsp3) is 0.500. The lowest BCUT2D eigenvalue weighted by atomic mass is 10.1. The van der Waals surface area contributed by atoms with Crippen molar-refractivity contribution in [3.63, 3.8) is 0 Å². The van der Waals surface area contributed by atoms with Crippen LogP contribution in [0, 0.1) is 5.41 Å². The van der Waals surface area contributed by atoms with Gasteiger partial charge in [-0.2, -0.15) is 0 Å². The second-order valence-electron chi connectivity index (χ2n) is 4.35. The maximum absolute atomic E-state index is 7.58. The zero-order chi connectivity index (χ0) is 12.7. The van der Waals surface area contributed by atoms with Crippen LogP contribution in [0.25, 0.3) is 0 Å². The number of nitrogens with two attached hydrogens (primary N) is 1. The summed E-state index contributed by atoms with van der Waals surface area (Å²) in [5, 5.41) is 7.58. The minimum Gasteiger partial charge on any atom is -0.384 e. The number of amidine groups is 1. The molecule has 3 nitrogen and oxygen atoms in total. The molecule has 3 heteroatoms. The lowest BCUT2D eigenvalue weighted by Crippen LogP contribution is -2.26. The van der Waals surface area contributed by atoms with Crippen molar-refractivity contribution in [1.82, 2.24) is 4.90 Å². The summed E-state index contributed by atoms with van der Waals surface area (Å²) in [5.74, 6) is 0.161.